The fraction of sp³-hybridized carbons (Fsp3) is 0.778. The second-order valence-electron chi connectivity index (χ2n) is 3.79. The topological polar surface area (TPSA) is 52.6 Å². The number of esters is 2. The van der Waals surface area contributed by atoms with Crippen molar-refractivity contribution in [1.82, 2.24) is 0 Å². The molecule has 1 saturated carbocycles. The largest absolute Gasteiger partial charge is 0.422 e. The van der Waals surface area contributed by atoms with E-state index in [0.29, 0.717) is 12.8 Å². The molecular formula is C9H13O4P. The van der Waals surface area contributed by atoms with Crippen molar-refractivity contribution in [3.63, 3.8) is 0 Å². The molecule has 1 aliphatic carbocycles. The summed E-state index contributed by atoms with van der Waals surface area (Å²) in [6.07, 6.45) is 4.29. The van der Waals surface area contributed by atoms with Crippen LogP contribution in [0.2, 0.25) is 0 Å². The molecule has 1 unspecified atom stereocenters. The molecule has 0 aromatic heterocycles. The van der Waals surface area contributed by atoms with Crippen LogP contribution in [0.4, 0.5) is 0 Å². The van der Waals surface area contributed by atoms with E-state index in [1.165, 1.54) is 0 Å². The van der Waals surface area contributed by atoms with Crippen molar-refractivity contribution in [1.29, 1.82) is 0 Å². The van der Waals surface area contributed by atoms with Gasteiger partial charge in [0.2, 0.25) is 0 Å². The third kappa shape index (κ3) is 1.63. The highest BCUT2D eigenvalue weighted by Gasteiger charge is 2.47. The summed E-state index contributed by atoms with van der Waals surface area (Å²) in [4.78, 5) is 22.7. The Morgan fingerprint density at radius 3 is 2.07 bits per heavy atom. The van der Waals surface area contributed by atoms with Crippen molar-refractivity contribution in [2.45, 2.75) is 43.6 Å². The molecule has 0 radical (unpaired) electrons. The third-order valence-electron chi connectivity index (χ3n) is 2.70. The standard InChI is InChI=1S/C9H13O4P/c10-7-6(14)8(11)13-9(12-7)4-2-1-3-5-9/h6H,1-5,14H2. The van der Waals surface area contributed by atoms with Gasteiger partial charge in [-0.2, -0.15) is 0 Å². The number of hydrogen-bond acceptors (Lipinski definition) is 4. The van der Waals surface area contributed by atoms with Gasteiger partial charge in [-0.3, -0.25) is 9.59 Å². The van der Waals surface area contributed by atoms with Crippen molar-refractivity contribution in [2.75, 3.05) is 0 Å². The van der Waals surface area contributed by atoms with E-state index in [0.717, 1.165) is 19.3 Å². The van der Waals surface area contributed by atoms with Gasteiger partial charge in [0.25, 0.3) is 5.79 Å². The first kappa shape index (κ1) is 9.91. The molecule has 14 heavy (non-hydrogen) atoms. The lowest BCUT2D eigenvalue weighted by Gasteiger charge is -2.39. The van der Waals surface area contributed by atoms with Crippen molar-refractivity contribution in [3.05, 3.63) is 0 Å². The first-order valence-corrected chi connectivity index (χ1v) is 5.51. The Morgan fingerprint density at radius 1 is 1.07 bits per heavy atom. The minimum absolute atomic E-state index is 0.479. The number of rotatable bonds is 0. The Kier molecular flexibility index (Phi) is 2.48. The van der Waals surface area contributed by atoms with Gasteiger partial charge in [-0.25, -0.2) is 0 Å². The van der Waals surface area contributed by atoms with Gasteiger partial charge in [-0.15, -0.1) is 9.24 Å². The minimum Gasteiger partial charge on any atom is -0.422 e. The van der Waals surface area contributed by atoms with Gasteiger partial charge in [0.05, 0.1) is 0 Å². The molecule has 1 saturated heterocycles. The van der Waals surface area contributed by atoms with Gasteiger partial charge in [0.15, 0.2) is 5.66 Å². The van der Waals surface area contributed by atoms with Crippen LogP contribution in [0, 0.1) is 0 Å². The van der Waals surface area contributed by atoms with E-state index in [4.69, 9.17) is 9.47 Å². The lowest BCUT2D eigenvalue weighted by molar-refractivity contribution is -0.251. The van der Waals surface area contributed by atoms with E-state index in [9.17, 15) is 9.59 Å². The molecule has 78 valence electrons. The maximum absolute atomic E-state index is 11.3. The predicted molar refractivity (Wildman–Crippen MR) is 51.5 cm³/mol. The van der Waals surface area contributed by atoms with Crippen molar-refractivity contribution in [3.8, 4) is 0 Å². The average Bonchev–Trinajstić information content (AvgIpc) is 2.15. The normalized spacial score (nSPS) is 27.2. The molecule has 0 aromatic carbocycles. The molecule has 2 fully saturated rings. The lowest BCUT2D eigenvalue weighted by atomic mass is 9.93. The zero-order valence-electron chi connectivity index (χ0n) is 7.82. The van der Waals surface area contributed by atoms with Crippen LogP contribution in [0.5, 0.6) is 0 Å². The molecule has 1 atom stereocenters. The van der Waals surface area contributed by atoms with E-state index < -0.39 is 23.4 Å². The number of hydrogen-bond donors (Lipinski definition) is 0. The van der Waals surface area contributed by atoms with Crippen LogP contribution in [-0.4, -0.2) is 23.4 Å². The second-order valence-corrected chi connectivity index (χ2v) is 4.46. The molecule has 1 spiro atoms. The Labute approximate surface area is 84.5 Å². The molecular weight excluding hydrogens is 203 g/mol. The van der Waals surface area contributed by atoms with E-state index >= 15 is 0 Å². The molecule has 0 bridgehead atoms. The maximum Gasteiger partial charge on any atom is 0.327 e. The monoisotopic (exact) mass is 216 g/mol. The van der Waals surface area contributed by atoms with Crippen LogP contribution >= 0.6 is 9.24 Å². The Hall–Kier alpha value is -0.630. The molecule has 2 aliphatic rings. The summed E-state index contributed by atoms with van der Waals surface area (Å²) in [6.45, 7) is 0. The van der Waals surface area contributed by atoms with E-state index in [-0.39, 0.29) is 0 Å². The van der Waals surface area contributed by atoms with Crippen molar-refractivity contribution >= 4 is 21.2 Å². The smallest absolute Gasteiger partial charge is 0.327 e. The highest BCUT2D eigenvalue weighted by atomic mass is 31.0. The number of carbonyl (C=O) groups is 2. The zero-order valence-corrected chi connectivity index (χ0v) is 8.98. The third-order valence-corrected chi connectivity index (χ3v) is 3.24. The Balaban J connectivity index is 2.14. The fourth-order valence-electron chi connectivity index (χ4n) is 1.91. The zero-order chi connectivity index (χ0) is 10.2. The summed E-state index contributed by atoms with van der Waals surface area (Å²) in [5.74, 6) is -1.89. The van der Waals surface area contributed by atoms with Gasteiger partial charge in [0, 0.05) is 12.8 Å². The summed E-state index contributed by atoms with van der Waals surface area (Å²) in [6, 6.07) is 0. The van der Waals surface area contributed by atoms with Crippen LogP contribution in [0.3, 0.4) is 0 Å². The highest BCUT2D eigenvalue weighted by Crippen LogP contribution is 2.36. The fourth-order valence-corrected chi connectivity index (χ4v) is 2.04. The molecule has 5 heteroatoms. The highest BCUT2D eigenvalue weighted by molar-refractivity contribution is 7.21. The molecule has 1 aliphatic heterocycles. The SMILES string of the molecule is O=C1OC2(CCCCC2)OC(=O)C1P. The first-order chi connectivity index (χ1) is 6.63. The van der Waals surface area contributed by atoms with Gasteiger partial charge < -0.3 is 9.47 Å². The van der Waals surface area contributed by atoms with Crippen molar-refractivity contribution < 1.29 is 19.1 Å². The molecule has 2 rings (SSSR count). The minimum atomic E-state index is -0.931. The number of carbonyl (C=O) groups excluding carboxylic acids is 2. The van der Waals surface area contributed by atoms with Gasteiger partial charge in [-0.05, 0) is 12.8 Å². The van der Waals surface area contributed by atoms with Gasteiger partial charge in [0.1, 0.15) is 0 Å². The van der Waals surface area contributed by atoms with Gasteiger partial charge in [-0.1, -0.05) is 6.42 Å². The molecule has 0 amide bonds. The Bertz CT molecular complexity index is 250. The summed E-state index contributed by atoms with van der Waals surface area (Å²) >= 11 is 0. The summed E-state index contributed by atoms with van der Waals surface area (Å²) in [5, 5.41) is 0. The summed E-state index contributed by atoms with van der Waals surface area (Å²) in [7, 11) is 2.14. The van der Waals surface area contributed by atoms with Crippen LogP contribution < -0.4 is 0 Å². The van der Waals surface area contributed by atoms with E-state index in [1.807, 2.05) is 0 Å². The van der Waals surface area contributed by atoms with Gasteiger partial charge >= 0.3 is 11.9 Å². The van der Waals surface area contributed by atoms with Crippen LogP contribution in [-0.2, 0) is 19.1 Å². The van der Waals surface area contributed by atoms with Crippen LogP contribution in [0.15, 0.2) is 0 Å². The Morgan fingerprint density at radius 2 is 1.57 bits per heavy atom. The number of ether oxygens (including phenoxy) is 2. The molecule has 1 heterocycles. The van der Waals surface area contributed by atoms with Crippen LogP contribution in [0.1, 0.15) is 32.1 Å². The molecule has 0 aromatic rings. The van der Waals surface area contributed by atoms with E-state index in [1.54, 1.807) is 0 Å². The maximum atomic E-state index is 11.3. The summed E-state index contributed by atoms with van der Waals surface area (Å²) < 4.78 is 10.4. The molecule has 0 N–H and O–H groups in total. The van der Waals surface area contributed by atoms with E-state index in [2.05, 4.69) is 9.24 Å². The average molecular weight is 216 g/mol. The van der Waals surface area contributed by atoms with Crippen molar-refractivity contribution in [2.24, 2.45) is 0 Å². The quantitative estimate of drug-likeness (QED) is 0.344. The summed E-state index contributed by atoms with van der Waals surface area (Å²) in [5.41, 5.74) is -0.845. The molecule has 4 nitrogen and oxygen atoms in total. The first-order valence-electron chi connectivity index (χ1n) is 4.84. The predicted octanol–water partition coefficient (Wildman–Crippen LogP) is 0.990. The van der Waals surface area contributed by atoms with Crippen LogP contribution in [0.25, 0.3) is 0 Å². The second kappa shape index (κ2) is 3.50. The lowest BCUT2D eigenvalue weighted by Crippen LogP contribution is -2.51.